The van der Waals surface area contributed by atoms with Gasteiger partial charge in [0.2, 0.25) is 5.95 Å². The Balaban J connectivity index is 2.05. The summed E-state index contributed by atoms with van der Waals surface area (Å²) in [5.41, 5.74) is 2.13. The minimum atomic E-state index is 0.105. The van der Waals surface area contributed by atoms with Crippen LogP contribution in [0.25, 0.3) is 11.0 Å². The summed E-state index contributed by atoms with van der Waals surface area (Å²) in [7, 11) is 1.75. The van der Waals surface area contributed by atoms with Gasteiger partial charge in [0.1, 0.15) is 0 Å². The van der Waals surface area contributed by atoms with Gasteiger partial charge < -0.3 is 15.0 Å². The fraction of sp³-hybridized carbons (Fsp3) is 0.500. The van der Waals surface area contributed by atoms with Crippen molar-refractivity contribution in [3.05, 3.63) is 24.3 Å². The highest BCUT2D eigenvalue weighted by atomic mass is 16.5. The first-order chi connectivity index (χ1) is 8.50. The number of benzene rings is 1. The highest BCUT2D eigenvalue weighted by molar-refractivity contribution is 5.77. The second-order valence-electron chi connectivity index (χ2n) is 5.57. The molecule has 4 heteroatoms. The number of para-hydroxylation sites is 2. The summed E-state index contributed by atoms with van der Waals surface area (Å²) >= 11 is 0. The maximum Gasteiger partial charge on any atom is 0.201 e. The van der Waals surface area contributed by atoms with Gasteiger partial charge in [-0.25, -0.2) is 4.98 Å². The first-order valence-corrected chi connectivity index (χ1v) is 6.22. The third-order valence-corrected chi connectivity index (χ3v) is 3.09. The van der Waals surface area contributed by atoms with Crippen molar-refractivity contribution in [2.24, 2.45) is 5.41 Å². The number of hydrogen-bond acceptors (Lipinski definition) is 3. The first kappa shape index (κ1) is 12.9. The first-order valence-electron chi connectivity index (χ1n) is 6.22. The Bertz CT molecular complexity index is 480. The standard InChI is InChI=1S/C14H21N3O/c1-14(2,3)12(18-4)9-15-13-16-10-7-5-6-8-11(10)17-13/h5-8,12H,9H2,1-4H3,(H2,15,16,17). The van der Waals surface area contributed by atoms with E-state index in [1.54, 1.807) is 7.11 Å². The Kier molecular flexibility index (Phi) is 3.57. The highest BCUT2D eigenvalue weighted by Crippen LogP contribution is 2.22. The molecular formula is C14H21N3O. The van der Waals surface area contributed by atoms with Crippen molar-refractivity contribution >= 4 is 17.0 Å². The van der Waals surface area contributed by atoms with Crippen LogP contribution in [0.2, 0.25) is 0 Å². The number of nitrogens with zero attached hydrogens (tertiary/aromatic N) is 1. The SMILES string of the molecule is COC(CNc1nc2ccccc2[nH]1)C(C)(C)C. The second kappa shape index (κ2) is 4.98. The number of anilines is 1. The zero-order valence-electron chi connectivity index (χ0n) is 11.4. The number of ether oxygens (including phenoxy) is 1. The van der Waals surface area contributed by atoms with E-state index < -0.39 is 0 Å². The van der Waals surface area contributed by atoms with Crippen LogP contribution in [0.1, 0.15) is 20.8 Å². The minimum Gasteiger partial charge on any atom is -0.379 e. The second-order valence-corrected chi connectivity index (χ2v) is 5.57. The summed E-state index contributed by atoms with van der Waals surface area (Å²) in [6.07, 6.45) is 0.144. The van der Waals surface area contributed by atoms with Crippen LogP contribution in [0.4, 0.5) is 5.95 Å². The molecule has 98 valence electrons. The average molecular weight is 247 g/mol. The third-order valence-electron chi connectivity index (χ3n) is 3.09. The largest absolute Gasteiger partial charge is 0.379 e. The fourth-order valence-corrected chi connectivity index (χ4v) is 1.97. The molecule has 0 aliphatic rings. The van der Waals surface area contributed by atoms with E-state index >= 15 is 0 Å². The summed E-state index contributed by atoms with van der Waals surface area (Å²) < 4.78 is 5.51. The van der Waals surface area contributed by atoms with Crippen LogP contribution in [0, 0.1) is 5.41 Å². The van der Waals surface area contributed by atoms with Gasteiger partial charge in [-0.05, 0) is 17.5 Å². The van der Waals surface area contributed by atoms with E-state index in [1.165, 1.54) is 0 Å². The molecule has 0 saturated heterocycles. The molecule has 4 nitrogen and oxygen atoms in total. The van der Waals surface area contributed by atoms with Crippen LogP contribution < -0.4 is 5.32 Å². The molecule has 0 spiro atoms. The molecule has 0 amide bonds. The van der Waals surface area contributed by atoms with Crippen LogP contribution in [0.5, 0.6) is 0 Å². The quantitative estimate of drug-likeness (QED) is 0.873. The third kappa shape index (κ3) is 2.82. The molecule has 1 heterocycles. The lowest BCUT2D eigenvalue weighted by Gasteiger charge is -2.29. The molecule has 2 N–H and O–H groups in total. The van der Waals surface area contributed by atoms with Crippen LogP contribution >= 0.6 is 0 Å². The maximum atomic E-state index is 5.51. The monoisotopic (exact) mass is 247 g/mol. The van der Waals surface area contributed by atoms with Gasteiger partial charge in [-0.15, -0.1) is 0 Å². The predicted molar refractivity (Wildman–Crippen MR) is 74.8 cm³/mol. The van der Waals surface area contributed by atoms with Crippen molar-refractivity contribution in [1.29, 1.82) is 0 Å². The normalized spacial score (nSPS) is 13.8. The van der Waals surface area contributed by atoms with Gasteiger partial charge in [0.15, 0.2) is 0 Å². The van der Waals surface area contributed by atoms with E-state index in [4.69, 9.17) is 4.74 Å². The number of methoxy groups -OCH3 is 1. The maximum absolute atomic E-state index is 5.51. The summed E-state index contributed by atoms with van der Waals surface area (Å²) in [6.45, 7) is 7.24. The molecule has 18 heavy (non-hydrogen) atoms. The summed E-state index contributed by atoms with van der Waals surface area (Å²) in [5, 5.41) is 3.30. The molecule has 1 unspecified atom stereocenters. The van der Waals surface area contributed by atoms with Gasteiger partial charge in [0.05, 0.1) is 17.1 Å². The van der Waals surface area contributed by atoms with Gasteiger partial charge in [0.25, 0.3) is 0 Å². The Morgan fingerprint density at radius 2 is 2.06 bits per heavy atom. The number of fused-ring (bicyclic) bond motifs is 1. The Morgan fingerprint density at radius 3 is 2.67 bits per heavy atom. The number of nitrogens with one attached hydrogen (secondary N) is 2. The number of imidazole rings is 1. The lowest BCUT2D eigenvalue weighted by atomic mass is 9.89. The molecule has 0 saturated carbocycles. The molecule has 0 bridgehead atoms. The van der Waals surface area contributed by atoms with Crippen LogP contribution in [-0.2, 0) is 4.74 Å². The van der Waals surface area contributed by atoms with E-state index in [2.05, 4.69) is 36.1 Å². The van der Waals surface area contributed by atoms with Crippen LogP contribution in [0.15, 0.2) is 24.3 Å². The highest BCUT2D eigenvalue weighted by Gasteiger charge is 2.24. The molecule has 0 fully saturated rings. The number of aromatic amines is 1. The average Bonchev–Trinajstić information content (AvgIpc) is 2.70. The summed E-state index contributed by atoms with van der Waals surface area (Å²) in [4.78, 5) is 7.73. The Labute approximate surface area is 108 Å². The van der Waals surface area contributed by atoms with Crippen molar-refractivity contribution in [2.75, 3.05) is 19.0 Å². The number of H-pyrrole nitrogens is 1. The topological polar surface area (TPSA) is 49.9 Å². The van der Waals surface area contributed by atoms with Crippen LogP contribution in [-0.4, -0.2) is 29.7 Å². The fourth-order valence-electron chi connectivity index (χ4n) is 1.97. The summed E-state index contributed by atoms with van der Waals surface area (Å²) in [6, 6.07) is 8.00. The van der Waals surface area contributed by atoms with E-state index in [-0.39, 0.29) is 11.5 Å². The predicted octanol–water partition coefficient (Wildman–Crippen LogP) is 3.04. The van der Waals surface area contributed by atoms with Crippen molar-refractivity contribution in [3.63, 3.8) is 0 Å². The smallest absolute Gasteiger partial charge is 0.201 e. The van der Waals surface area contributed by atoms with Gasteiger partial charge in [-0.3, -0.25) is 0 Å². The lowest BCUT2D eigenvalue weighted by Crippen LogP contribution is -2.35. The van der Waals surface area contributed by atoms with Gasteiger partial charge >= 0.3 is 0 Å². The summed E-state index contributed by atoms with van der Waals surface area (Å²) in [5.74, 6) is 0.794. The van der Waals surface area contributed by atoms with Gasteiger partial charge in [0, 0.05) is 13.7 Å². The van der Waals surface area contributed by atoms with E-state index in [9.17, 15) is 0 Å². The number of hydrogen-bond donors (Lipinski definition) is 2. The lowest BCUT2D eigenvalue weighted by molar-refractivity contribution is 0.0268. The molecule has 2 aromatic rings. The van der Waals surface area contributed by atoms with Gasteiger partial charge in [-0.2, -0.15) is 0 Å². The van der Waals surface area contributed by atoms with Crippen LogP contribution in [0.3, 0.4) is 0 Å². The molecule has 0 aliphatic heterocycles. The van der Waals surface area contributed by atoms with E-state index in [0.717, 1.165) is 23.5 Å². The Hall–Kier alpha value is -1.55. The van der Waals surface area contributed by atoms with Crippen molar-refractivity contribution in [1.82, 2.24) is 9.97 Å². The molecule has 1 aromatic carbocycles. The van der Waals surface area contributed by atoms with Crippen molar-refractivity contribution < 1.29 is 4.74 Å². The van der Waals surface area contributed by atoms with Crippen molar-refractivity contribution in [3.8, 4) is 0 Å². The minimum absolute atomic E-state index is 0.105. The molecule has 1 aromatic heterocycles. The zero-order chi connectivity index (χ0) is 13.2. The zero-order valence-corrected chi connectivity index (χ0v) is 11.4. The Morgan fingerprint density at radius 1 is 1.33 bits per heavy atom. The van der Waals surface area contributed by atoms with E-state index in [0.29, 0.717) is 0 Å². The number of aromatic nitrogens is 2. The van der Waals surface area contributed by atoms with Crippen molar-refractivity contribution in [2.45, 2.75) is 26.9 Å². The molecule has 1 atom stereocenters. The molecule has 0 aliphatic carbocycles. The molecule has 2 rings (SSSR count). The molecular weight excluding hydrogens is 226 g/mol. The van der Waals surface area contributed by atoms with E-state index in [1.807, 2.05) is 24.3 Å². The number of rotatable bonds is 4. The molecule has 0 radical (unpaired) electrons. The van der Waals surface area contributed by atoms with Gasteiger partial charge in [-0.1, -0.05) is 32.9 Å².